The number of carbonyl (C=O) groups is 1. The third-order valence-corrected chi connectivity index (χ3v) is 3.64. The first-order valence-corrected chi connectivity index (χ1v) is 6.49. The van der Waals surface area contributed by atoms with Crippen LogP contribution in [-0.4, -0.2) is 16.1 Å². The molecule has 1 N–H and O–H groups in total. The maximum atomic E-state index is 10.9. The standard InChI is InChI=1S/C12H12ClNO2S/c1-6(2)3-10-14-11-8(13)4-7(12(15)16)5-9(11)17-10/h4-6H,3H2,1-2H3,(H,15,16). The molecule has 90 valence electrons. The van der Waals surface area contributed by atoms with Crippen molar-refractivity contribution in [2.75, 3.05) is 0 Å². The summed E-state index contributed by atoms with van der Waals surface area (Å²) in [7, 11) is 0. The molecule has 0 spiro atoms. The summed E-state index contributed by atoms with van der Waals surface area (Å²) in [5.74, 6) is -0.444. The minimum Gasteiger partial charge on any atom is -0.478 e. The SMILES string of the molecule is CC(C)Cc1nc2c(Cl)cc(C(=O)O)cc2s1. The van der Waals surface area contributed by atoms with Crippen molar-refractivity contribution in [1.29, 1.82) is 0 Å². The Labute approximate surface area is 108 Å². The van der Waals surface area contributed by atoms with E-state index in [0.29, 0.717) is 16.5 Å². The number of hydrogen-bond acceptors (Lipinski definition) is 3. The molecule has 1 heterocycles. The predicted octanol–water partition coefficient (Wildman–Crippen LogP) is 3.85. The fraction of sp³-hybridized carbons (Fsp3) is 0.333. The van der Waals surface area contributed by atoms with Crippen LogP contribution in [0.5, 0.6) is 0 Å². The van der Waals surface area contributed by atoms with Gasteiger partial charge in [0, 0.05) is 6.42 Å². The second-order valence-corrected chi connectivity index (χ2v) is 5.84. The van der Waals surface area contributed by atoms with E-state index in [1.54, 1.807) is 6.07 Å². The molecule has 0 aliphatic heterocycles. The maximum Gasteiger partial charge on any atom is 0.335 e. The van der Waals surface area contributed by atoms with Crippen LogP contribution >= 0.6 is 22.9 Å². The smallest absolute Gasteiger partial charge is 0.335 e. The summed E-state index contributed by atoms with van der Waals surface area (Å²) < 4.78 is 0.838. The number of carboxylic acid groups (broad SMARTS) is 1. The van der Waals surface area contributed by atoms with Gasteiger partial charge in [0.05, 0.1) is 20.3 Å². The van der Waals surface area contributed by atoms with E-state index in [1.807, 2.05) is 0 Å². The molecule has 0 bridgehead atoms. The summed E-state index contributed by atoms with van der Waals surface area (Å²) in [6.07, 6.45) is 0.887. The van der Waals surface area contributed by atoms with Crippen LogP contribution in [0.4, 0.5) is 0 Å². The Balaban J connectivity index is 2.52. The highest BCUT2D eigenvalue weighted by molar-refractivity contribution is 7.18. The van der Waals surface area contributed by atoms with Crippen molar-refractivity contribution >= 4 is 39.1 Å². The van der Waals surface area contributed by atoms with Crippen molar-refractivity contribution in [2.45, 2.75) is 20.3 Å². The second kappa shape index (κ2) is 4.63. The maximum absolute atomic E-state index is 10.9. The minimum atomic E-state index is -0.965. The first-order chi connectivity index (χ1) is 7.97. The summed E-state index contributed by atoms with van der Waals surface area (Å²) in [6.45, 7) is 4.24. The highest BCUT2D eigenvalue weighted by atomic mass is 35.5. The number of benzene rings is 1. The second-order valence-electron chi connectivity index (χ2n) is 4.32. The topological polar surface area (TPSA) is 50.2 Å². The molecule has 5 heteroatoms. The van der Waals surface area contributed by atoms with E-state index >= 15 is 0 Å². The van der Waals surface area contributed by atoms with E-state index in [1.165, 1.54) is 17.4 Å². The first-order valence-electron chi connectivity index (χ1n) is 5.29. The van der Waals surface area contributed by atoms with E-state index < -0.39 is 5.97 Å². The number of aromatic carboxylic acids is 1. The molecule has 0 aliphatic carbocycles. The average molecular weight is 270 g/mol. The van der Waals surface area contributed by atoms with Crippen molar-refractivity contribution in [3.63, 3.8) is 0 Å². The fourth-order valence-corrected chi connectivity index (χ4v) is 3.16. The average Bonchev–Trinajstić information content (AvgIpc) is 2.59. The van der Waals surface area contributed by atoms with Crippen LogP contribution in [0.1, 0.15) is 29.2 Å². The molecular formula is C12H12ClNO2S. The van der Waals surface area contributed by atoms with Crippen LogP contribution in [0, 0.1) is 5.92 Å². The van der Waals surface area contributed by atoms with Gasteiger partial charge >= 0.3 is 5.97 Å². The summed E-state index contributed by atoms with van der Waals surface area (Å²) in [5, 5.41) is 10.4. The van der Waals surface area contributed by atoms with E-state index in [9.17, 15) is 4.79 Å². The van der Waals surface area contributed by atoms with Crippen molar-refractivity contribution < 1.29 is 9.90 Å². The summed E-state index contributed by atoms with van der Waals surface area (Å²) in [5.41, 5.74) is 0.916. The predicted molar refractivity (Wildman–Crippen MR) is 70.1 cm³/mol. The Morgan fingerprint density at radius 2 is 2.24 bits per heavy atom. The molecule has 3 nitrogen and oxygen atoms in total. The summed E-state index contributed by atoms with van der Waals surface area (Å²) in [6, 6.07) is 3.08. The molecule has 17 heavy (non-hydrogen) atoms. The molecule has 2 rings (SSSR count). The lowest BCUT2D eigenvalue weighted by Gasteiger charge is -1.97. The number of thiazole rings is 1. The lowest BCUT2D eigenvalue weighted by atomic mass is 10.1. The van der Waals surface area contributed by atoms with Gasteiger partial charge in [-0.1, -0.05) is 25.4 Å². The molecule has 0 radical (unpaired) electrons. The third kappa shape index (κ3) is 2.58. The Bertz CT molecular complexity index is 577. The molecule has 0 saturated carbocycles. The summed E-state index contributed by atoms with van der Waals surface area (Å²) >= 11 is 7.55. The normalized spacial score (nSPS) is 11.3. The van der Waals surface area contributed by atoms with Crippen molar-refractivity contribution in [1.82, 2.24) is 4.98 Å². The molecule has 0 unspecified atom stereocenters. The van der Waals surface area contributed by atoms with E-state index in [-0.39, 0.29) is 5.56 Å². The van der Waals surface area contributed by atoms with Gasteiger partial charge in [0.15, 0.2) is 0 Å². The van der Waals surface area contributed by atoms with E-state index in [0.717, 1.165) is 16.1 Å². The molecule has 1 aromatic heterocycles. The molecule has 0 saturated heterocycles. The zero-order valence-electron chi connectivity index (χ0n) is 9.53. The van der Waals surface area contributed by atoms with Gasteiger partial charge in [-0.25, -0.2) is 9.78 Å². The number of aromatic nitrogens is 1. The van der Waals surface area contributed by atoms with Crippen LogP contribution in [0.2, 0.25) is 5.02 Å². The number of hydrogen-bond donors (Lipinski definition) is 1. The number of rotatable bonds is 3. The van der Waals surface area contributed by atoms with Crippen LogP contribution in [0.15, 0.2) is 12.1 Å². The van der Waals surface area contributed by atoms with Crippen molar-refractivity contribution in [3.05, 3.63) is 27.7 Å². The van der Waals surface area contributed by atoms with Gasteiger partial charge in [-0.2, -0.15) is 0 Å². The van der Waals surface area contributed by atoms with Crippen LogP contribution < -0.4 is 0 Å². The Morgan fingerprint density at radius 3 is 2.82 bits per heavy atom. The van der Waals surface area contributed by atoms with E-state index in [2.05, 4.69) is 18.8 Å². The molecule has 2 aromatic rings. The van der Waals surface area contributed by atoms with Crippen molar-refractivity contribution in [2.24, 2.45) is 5.92 Å². The van der Waals surface area contributed by atoms with Gasteiger partial charge in [-0.05, 0) is 18.1 Å². The van der Waals surface area contributed by atoms with Crippen LogP contribution in [-0.2, 0) is 6.42 Å². The minimum absolute atomic E-state index is 0.210. The molecule has 1 aromatic carbocycles. The molecule has 0 aliphatic rings. The van der Waals surface area contributed by atoms with E-state index in [4.69, 9.17) is 16.7 Å². The van der Waals surface area contributed by atoms with Crippen molar-refractivity contribution in [3.8, 4) is 0 Å². The zero-order valence-corrected chi connectivity index (χ0v) is 11.1. The first kappa shape index (κ1) is 12.3. The van der Waals surface area contributed by atoms with Gasteiger partial charge in [0.2, 0.25) is 0 Å². The van der Waals surface area contributed by atoms with Gasteiger partial charge < -0.3 is 5.11 Å². The molecule has 0 fully saturated rings. The summed E-state index contributed by atoms with van der Waals surface area (Å²) in [4.78, 5) is 15.4. The lowest BCUT2D eigenvalue weighted by Crippen LogP contribution is -1.95. The number of fused-ring (bicyclic) bond motifs is 1. The Kier molecular flexibility index (Phi) is 3.35. The van der Waals surface area contributed by atoms with Crippen LogP contribution in [0.25, 0.3) is 10.2 Å². The number of nitrogens with zero attached hydrogens (tertiary/aromatic N) is 1. The zero-order chi connectivity index (χ0) is 12.6. The van der Waals surface area contributed by atoms with Gasteiger partial charge in [0.25, 0.3) is 0 Å². The quantitative estimate of drug-likeness (QED) is 0.921. The largest absolute Gasteiger partial charge is 0.478 e. The lowest BCUT2D eigenvalue weighted by molar-refractivity contribution is 0.0697. The highest BCUT2D eigenvalue weighted by Gasteiger charge is 2.13. The highest BCUT2D eigenvalue weighted by Crippen LogP contribution is 2.30. The Morgan fingerprint density at radius 1 is 1.53 bits per heavy atom. The Hall–Kier alpha value is -1.13. The number of halogens is 1. The monoisotopic (exact) mass is 269 g/mol. The van der Waals surface area contributed by atoms with Gasteiger partial charge in [-0.3, -0.25) is 0 Å². The van der Waals surface area contributed by atoms with Gasteiger partial charge in [-0.15, -0.1) is 11.3 Å². The van der Waals surface area contributed by atoms with Crippen LogP contribution in [0.3, 0.4) is 0 Å². The molecular weight excluding hydrogens is 258 g/mol. The number of carboxylic acids is 1. The molecule has 0 amide bonds. The third-order valence-electron chi connectivity index (χ3n) is 2.32. The van der Waals surface area contributed by atoms with Gasteiger partial charge in [0.1, 0.15) is 5.52 Å². The fourth-order valence-electron chi connectivity index (χ4n) is 1.59. The molecule has 0 atom stereocenters.